The number of hydrogen-bond donors (Lipinski definition) is 4. The molecule has 0 radical (unpaired) electrons. The summed E-state index contributed by atoms with van der Waals surface area (Å²) in [7, 11) is 0. The molecule has 17 nitrogen and oxygen atoms in total. The lowest BCUT2D eigenvalue weighted by atomic mass is 9.55. The van der Waals surface area contributed by atoms with Crippen LogP contribution in [0.25, 0.3) is 179 Å². The third-order valence-corrected chi connectivity index (χ3v) is 24.6. The maximum absolute atomic E-state index is 6.72. The number of nitrogens with zero attached hydrogens (tertiary/aromatic N) is 12. The van der Waals surface area contributed by atoms with Gasteiger partial charge in [-0.25, -0.2) is 59.8 Å². The third kappa shape index (κ3) is 10.4. The number of nitrogens with one attached hydrogen (secondary N) is 4. The van der Waals surface area contributed by atoms with Crippen LogP contribution in [0.3, 0.4) is 0 Å². The molecule has 18 bridgehead atoms. The lowest BCUT2D eigenvalue weighted by molar-refractivity contribution is 0.179. The molecule has 11 heterocycles. The van der Waals surface area contributed by atoms with Crippen molar-refractivity contribution in [3.63, 3.8) is 0 Å². The van der Waals surface area contributed by atoms with E-state index in [1.807, 2.05) is 0 Å². The number of fused-ring (bicyclic) bond motifs is 40. The fourth-order valence-electron chi connectivity index (χ4n) is 18.2. The number of benzene rings is 8. The van der Waals surface area contributed by atoms with Gasteiger partial charge in [0.1, 0.15) is 45.2 Å². The molecule has 0 saturated carbocycles. The highest BCUT2D eigenvalue weighted by molar-refractivity contribution is 6.10. The zero-order valence-electron chi connectivity index (χ0n) is 66.2. The molecular formula is C94H88N16O. The number of H-pyrrole nitrogens is 4. The van der Waals surface area contributed by atoms with Crippen molar-refractivity contribution in [1.29, 1.82) is 0 Å². The number of aromatic nitrogens is 16. The fourth-order valence-corrected chi connectivity index (χ4v) is 18.2. The second-order valence-electron chi connectivity index (χ2n) is 38.2. The molecule has 4 N–H and O–H groups in total. The minimum Gasteiger partial charge on any atom is -0.381 e. The van der Waals surface area contributed by atoms with Crippen molar-refractivity contribution in [3.8, 4) is 91.1 Å². The van der Waals surface area contributed by atoms with Crippen LogP contribution in [0.15, 0.2) is 133 Å². The van der Waals surface area contributed by atoms with Crippen LogP contribution in [0.2, 0.25) is 0 Å². The van der Waals surface area contributed by atoms with E-state index in [1.54, 1.807) is 0 Å². The zero-order chi connectivity index (χ0) is 76.5. The maximum atomic E-state index is 6.72. The average Bonchev–Trinajstić information content (AvgIpc) is 1.67. The van der Waals surface area contributed by atoms with E-state index in [1.165, 1.54) is 55.6 Å². The molecule has 17 heteroatoms. The fraction of sp³-hybridized carbons (Fsp3) is 0.319. The standard InChI is InChI=1S/C94H88N16O/c1-89(2,3)43-19-25-49-59(31-43)79-95-73(49)97-81-61-33-45(91(7,8)9)21-27-51(61)77(101-81)105-85-65-37-55-57(39-67(65)87(109-85)107-83-63-35-47(93(13,14)15)23-29-53(63)75(99-79)103-83)72-58-40-68-66(38-56(58)71(55)69-41-111-42-70(69)72)86-106-78-52-28-22-46(92(10,11)12)34-62(52)82(102-78)98-74-50-26-20-44(90(4,5)6)32-60(50)80(96-74)100-76-54-30-24-48(94(16,17)18)36-64(54)84(104-76)108-88(68)110-86/h19-40,69-72H,41-42H2,1-18H3,(H2,95,97,99,101,103,105,107,109)(H2,96,98,100,102,104,106,108,110)/t69-,70+,71?,72?/m0/s1. The minimum atomic E-state index is -0.171. The van der Waals surface area contributed by atoms with Crippen LogP contribution in [0, 0.1) is 11.8 Å². The smallest absolute Gasteiger partial charge is 0.164 e. The molecule has 5 aliphatic heterocycles. The van der Waals surface area contributed by atoms with Gasteiger partial charge in [0.05, 0.1) is 13.2 Å². The van der Waals surface area contributed by atoms with Crippen molar-refractivity contribution in [2.75, 3.05) is 13.2 Å². The van der Waals surface area contributed by atoms with Gasteiger partial charge < -0.3 is 24.7 Å². The predicted molar refractivity (Wildman–Crippen MR) is 446 cm³/mol. The summed E-state index contributed by atoms with van der Waals surface area (Å²) in [4.78, 5) is 82.0. The van der Waals surface area contributed by atoms with Gasteiger partial charge in [-0.3, -0.25) is 0 Å². The Morgan fingerprint density at radius 3 is 0.658 bits per heavy atom. The number of rotatable bonds is 0. The van der Waals surface area contributed by atoms with Crippen molar-refractivity contribution in [2.24, 2.45) is 11.8 Å². The lowest BCUT2D eigenvalue weighted by Crippen LogP contribution is -2.39. The summed E-state index contributed by atoms with van der Waals surface area (Å²) >= 11 is 0. The number of aromatic amines is 4. The Bertz CT molecular complexity index is 6520. The van der Waals surface area contributed by atoms with Crippen LogP contribution >= 0.6 is 0 Å². The quantitative estimate of drug-likeness (QED) is 0.111. The molecule has 1 saturated heterocycles. The van der Waals surface area contributed by atoms with E-state index in [2.05, 4.69) is 278 Å². The van der Waals surface area contributed by atoms with Gasteiger partial charge in [0.25, 0.3) is 0 Å². The van der Waals surface area contributed by atoms with Crippen molar-refractivity contribution >= 4 is 88.3 Å². The van der Waals surface area contributed by atoms with Crippen molar-refractivity contribution in [3.05, 3.63) is 189 Å². The summed E-state index contributed by atoms with van der Waals surface area (Å²) in [6, 6.07) is 49.4. The highest BCUT2D eigenvalue weighted by atomic mass is 16.5. The van der Waals surface area contributed by atoms with Crippen LogP contribution in [0.4, 0.5) is 0 Å². The van der Waals surface area contributed by atoms with Crippen molar-refractivity contribution < 1.29 is 4.74 Å². The van der Waals surface area contributed by atoms with Gasteiger partial charge in [-0.05, 0) is 161 Å². The Morgan fingerprint density at radius 1 is 0.225 bits per heavy atom. The first-order valence-electron chi connectivity index (χ1n) is 39.2. The van der Waals surface area contributed by atoms with E-state index in [-0.39, 0.29) is 56.2 Å². The first kappa shape index (κ1) is 67.5. The normalized spacial score (nSPS) is 17.2. The average molecular weight is 1460 g/mol. The van der Waals surface area contributed by atoms with Crippen LogP contribution < -0.4 is 0 Å². The van der Waals surface area contributed by atoms with Crippen LogP contribution in [0.1, 0.15) is 192 Å². The molecule has 8 aliphatic rings. The van der Waals surface area contributed by atoms with Crippen LogP contribution in [0.5, 0.6) is 0 Å². The second kappa shape index (κ2) is 22.6. The van der Waals surface area contributed by atoms with Gasteiger partial charge in [0.2, 0.25) is 0 Å². The topological polar surface area (TPSA) is 227 Å². The van der Waals surface area contributed by atoms with Crippen LogP contribution in [-0.2, 0) is 37.2 Å². The van der Waals surface area contributed by atoms with E-state index >= 15 is 0 Å². The Kier molecular flexibility index (Phi) is 13.7. The summed E-state index contributed by atoms with van der Waals surface area (Å²) < 4.78 is 6.72. The first-order chi connectivity index (χ1) is 52.7. The molecular weight excluding hydrogens is 1370 g/mol. The van der Waals surface area contributed by atoms with Gasteiger partial charge in [0, 0.05) is 99.4 Å². The Labute approximate surface area is 643 Å². The molecule has 14 aromatic rings. The summed E-state index contributed by atoms with van der Waals surface area (Å²) in [6.45, 7) is 41.6. The molecule has 22 rings (SSSR count). The Balaban J connectivity index is 0.842. The SMILES string of the molecule is CC(C)(C)c1ccc2c(c1)-c1nc-2nc2[nH]c(nc3nc(nc4[nH]c(n1)c1ccc(C(C)(C)C)cc41)-c1ccc(C(C)(C)C)cc1-3)c1cc3c(cc21)C1c2cc4c5nc6nc(nc7[nH]c(nc8nc(nc([nH]5)c4cc2C3[C@@H]2COC[C@H]12)-c1cc(C(C)(C)C)ccc1-8)c1cc(C(C)(C)C)ccc71)-c1cc(C(C)(C)C)ccc1-6. The molecule has 0 spiro atoms. The Morgan fingerprint density at radius 2 is 0.423 bits per heavy atom. The molecule has 8 aromatic carbocycles. The zero-order valence-corrected chi connectivity index (χ0v) is 66.2. The van der Waals surface area contributed by atoms with Gasteiger partial charge >= 0.3 is 0 Å². The van der Waals surface area contributed by atoms with Gasteiger partial charge in [-0.1, -0.05) is 197 Å². The highest BCUT2D eigenvalue weighted by Crippen LogP contribution is 2.62. The molecule has 550 valence electrons. The third-order valence-electron chi connectivity index (χ3n) is 24.6. The van der Waals surface area contributed by atoms with Crippen LogP contribution in [-0.4, -0.2) is 93.0 Å². The van der Waals surface area contributed by atoms with Gasteiger partial charge in [-0.15, -0.1) is 0 Å². The Hall–Kier alpha value is -11.6. The van der Waals surface area contributed by atoms with Gasteiger partial charge in [0.15, 0.2) is 46.6 Å². The molecule has 2 atom stereocenters. The first-order valence-corrected chi connectivity index (χ1v) is 39.2. The van der Waals surface area contributed by atoms with Gasteiger partial charge in [-0.2, -0.15) is 0 Å². The monoisotopic (exact) mass is 1460 g/mol. The van der Waals surface area contributed by atoms with Crippen molar-refractivity contribution in [1.82, 2.24) is 79.7 Å². The molecule has 6 aromatic heterocycles. The number of hydrogen-bond acceptors (Lipinski definition) is 13. The van der Waals surface area contributed by atoms with E-state index in [4.69, 9.17) is 64.5 Å². The molecule has 3 aliphatic carbocycles. The minimum absolute atomic E-state index is 0.0741. The molecule has 1 fully saturated rings. The maximum Gasteiger partial charge on any atom is 0.164 e. The predicted octanol–water partition coefficient (Wildman–Crippen LogP) is 21.7. The largest absolute Gasteiger partial charge is 0.381 e. The summed E-state index contributed by atoms with van der Waals surface area (Å²) in [6.07, 6.45) is 0. The lowest BCUT2D eigenvalue weighted by Gasteiger charge is -2.47. The molecule has 0 amide bonds. The second-order valence-corrected chi connectivity index (χ2v) is 38.2. The number of ether oxygens (including phenoxy) is 1. The summed E-state index contributed by atoms with van der Waals surface area (Å²) in [5, 5.41) is 7.47. The van der Waals surface area contributed by atoms with Crippen molar-refractivity contribution in [2.45, 2.75) is 169 Å². The summed E-state index contributed by atoms with van der Waals surface area (Å²) in [5.41, 5.74) is 23.5. The van der Waals surface area contributed by atoms with E-state index in [0.717, 1.165) is 87.6 Å². The highest BCUT2D eigenvalue weighted by Gasteiger charge is 2.53. The molecule has 111 heavy (non-hydrogen) atoms. The molecule has 0 unspecified atom stereocenters. The van der Waals surface area contributed by atoms with E-state index < -0.39 is 0 Å². The summed E-state index contributed by atoms with van der Waals surface area (Å²) in [5.74, 6) is 4.69. The van der Waals surface area contributed by atoms with E-state index in [0.29, 0.717) is 105 Å². The van der Waals surface area contributed by atoms with E-state index in [9.17, 15) is 0 Å².